The predicted octanol–water partition coefficient (Wildman–Crippen LogP) is 4.28. The summed E-state index contributed by atoms with van der Waals surface area (Å²) in [5.74, 6) is 0. The van der Waals surface area contributed by atoms with Crippen molar-refractivity contribution in [3.63, 3.8) is 0 Å². The summed E-state index contributed by atoms with van der Waals surface area (Å²) in [6, 6.07) is 0. The first-order chi connectivity index (χ1) is 8.45. The summed E-state index contributed by atoms with van der Waals surface area (Å²) in [4.78, 5) is 0. The maximum absolute atomic E-state index is 4.45. The molecule has 1 aromatic heterocycles. The maximum atomic E-state index is 4.45. The molecule has 0 radical (unpaired) electrons. The minimum Gasteiger partial charge on any atom is -0.246 e. The number of nitrogens with zero attached hydrogens (tertiary/aromatic N) is 3. The molecule has 0 bridgehead atoms. The number of hydrogen-bond acceptors (Lipinski definition) is 2. The molecule has 0 aliphatic carbocycles. The zero-order valence-corrected chi connectivity index (χ0v) is 13.0. The second kappa shape index (κ2) is 5.85. The van der Waals surface area contributed by atoms with E-state index in [4.69, 9.17) is 0 Å². The second-order valence-corrected chi connectivity index (χ2v) is 5.92. The van der Waals surface area contributed by atoms with Crippen molar-refractivity contribution in [1.82, 2.24) is 15.0 Å². The Hall–Kier alpha value is -0.860. The molecule has 18 heavy (non-hydrogen) atoms. The molecule has 0 aliphatic rings. The van der Waals surface area contributed by atoms with Crippen LogP contribution in [0.5, 0.6) is 0 Å². The van der Waals surface area contributed by atoms with Crippen molar-refractivity contribution in [2.75, 3.05) is 0 Å². The molecule has 0 aliphatic heterocycles. The second-order valence-electron chi connectivity index (χ2n) is 5.92. The zero-order valence-electron chi connectivity index (χ0n) is 13.0. The highest BCUT2D eigenvalue weighted by Gasteiger charge is 2.30. The van der Waals surface area contributed by atoms with Crippen LogP contribution in [-0.4, -0.2) is 15.0 Å². The van der Waals surface area contributed by atoms with E-state index in [1.165, 1.54) is 12.8 Å². The van der Waals surface area contributed by atoms with Crippen LogP contribution in [-0.2, 0) is 11.0 Å². The fraction of sp³-hybridized carbons (Fsp3) is 0.867. The standard InChI is InChI=1S/C15H29N3/c1-7-11-14(5,8-2)13-12-18(17-16-13)15(6,9-3)10-4/h12H,7-11H2,1-6H3. The molecule has 0 saturated carbocycles. The summed E-state index contributed by atoms with van der Waals surface area (Å²) in [6.45, 7) is 13.5. The Kier molecular flexibility index (Phi) is 4.94. The van der Waals surface area contributed by atoms with Crippen molar-refractivity contribution in [3.05, 3.63) is 11.9 Å². The van der Waals surface area contributed by atoms with Crippen LogP contribution < -0.4 is 0 Å². The molecule has 1 aromatic rings. The van der Waals surface area contributed by atoms with Gasteiger partial charge in [-0.05, 0) is 32.6 Å². The van der Waals surface area contributed by atoms with Crippen molar-refractivity contribution in [2.45, 2.75) is 84.6 Å². The first-order valence-electron chi connectivity index (χ1n) is 7.39. The first-order valence-corrected chi connectivity index (χ1v) is 7.39. The fourth-order valence-corrected chi connectivity index (χ4v) is 2.42. The Balaban J connectivity index is 3.05. The predicted molar refractivity (Wildman–Crippen MR) is 76.8 cm³/mol. The molecule has 1 heterocycles. The summed E-state index contributed by atoms with van der Waals surface area (Å²) >= 11 is 0. The van der Waals surface area contributed by atoms with Gasteiger partial charge in [0.15, 0.2) is 0 Å². The van der Waals surface area contributed by atoms with Gasteiger partial charge in [0.2, 0.25) is 0 Å². The largest absolute Gasteiger partial charge is 0.246 e. The fourth-order valence-electron chi connectivity index (χ4n) is 2.42. The highest BCUT2D eigenvalue weighted by molar-refractivity contribution is 5.11. The summed E-state index contributed by atoms with van der Waals surface area (Å²) in [5.41, 5.74) is 1.43. The average molecular weight is 251 g/mol. The summed E-state index contributed by atoms with van der Waals surface area (Å²) in [5, 5.41) is 8.85. The normalized spacial score (nSPS) is 15.7. The Bertz CT molecular complexity index is 366. The van der Waals surface area contributed by atoms with Gasteiger partial charge in [0, 0.05) is 11.6 Å². The molecule has 1 rings (SSSR count). The van der Waals surface area contributed by atoms with Crippen molar-refractivity contribution in [3.8, 4) is 0 Å². The molecular weight excluding hydrogens is 222 g/mol. The van der Waals surface area contributed by atoms with Gasteiger partial charge in [-0.2, -0.15) is 0 Å². The third-order valence-corrected chi connectivity index (χ3v) is 4.77. The Morgan fingerprint density at radius 1 is 1.06 bits per heavy atom. The quantitative estimate of drug-likeness (QED) is 0.724. The Labute approximate surface area is 112 Å². The Morgan fingerprint density at radius 3 is 2.11 bits per heavy atom. The van der Waals surface area contributed by atoms with Gasteiger partial charge in [0.25, 0.3) is 0 Å². The Morgan fingerprint density at radius 2 is 1.67 bits per heavy atom. The lowest BCUT2D eigenvalue weighted by Gasteiger charge is -2.27. The molecule has 0 fully saturated rings. The van der Waals surface area contributed by atoms with Gasteiger partial charge < -0.3 is 0 Å². The smallest absolute Gasteiger partial charge is 0.0886 e. The van der Waals surface area contributed by atoms with Gasteiger partial charge in [-0.25, -0.2) is 4.68 Å². The van der Waals surface area contributed by atoms with Crippen LogP contribution in [0.2, 0.25) is 0 Å². The van der Waals surface area contributed by atoms with Gasteiger partial charge in [0.05, 0.1) is 11.2 Å². The van der Waals surface area contributed by atoms with E-state index in [1.807, 2.05) is 0 Å². The summed E-state index contributed by atoms with van der Waals surface area (Å²) in [6.07, 6.45) is 7.83. The number of rotatable bonds is 7. The van der Waals surface area contributed by atoms with Gasteiger partial charge in [-0.3, -0.25) is 0 Å². The molecule has 0 N–H and O–H groups in total. The molecule has 0 spiro atoms. The highest BCUT2D eigenvalue weighted by Crippen LogP contribution is 2.32. The average Bonchev–Trinajstić information content (AvgIpc) is 2.88. The van der Waals surface area contributed by atoms with Gasteiger partial charge in [-0.15, -0.1) is 5.10 Å². The molecule has 0 saturated heterocycles. The van der Waals surface area contributed by atoms with E-state index in [9.17, 15) is 0 Å². The lowest BCUT2D eigenvalue weighted by molar-refractivity contribution is 0.259. The van der Waals surface area contributed by atoms with Crippen LogP contribution >= 0.6 is 0 Å². The molecule has 3 heteroatoms. The molecule has 0 amide bonds. The van der Waals surface area contributed by atoms with Crippen molar-refractivity contribution < 1.29 is 0 Å². The van der Waals surface area contributed by atoms with Crippen molar-refractivity contribution in [1.29, 1.82) is 0 Å². The molecule has 3 nitrogen and oxygen atoms in total. The molecule has 1 unspecified atom stereocenters. The van der Waals surface area contributed by atoms with Crippen LogP contribution in [0.1, 0.15) is 79.3 Å². The van der Waals surface area contributed by atoms with Crippen LogP contribution in [0.25, 0.3) is 0 Å². The van der Waals surface area contributed by atoms with E-state index in [0.717, 1.165) is 25.0 Å². The van der Waals surface area contributed by atoms with E-state index in [2.05, 4.69) is 62.7 Å². The van der Waals surface area contributed by atoms with Crippen LogP contribution in [0, 0.1) is 0 Å². The van der Waals surface area contributed by atoms with Gasteiger partial charge in [-0.1, -0.05) is 46.3 Å². The van der Waals surface area contributed by atoms with E-state index in [-0.39, 0.29) is 11.0 Å². The minimum atomic E-state index is 0.103. The molecular formula is C15H29N3. The van der Waals surface area contributed by atoms with Crippen molar-refractivity contribution >= 4 is 0 Å². The molecule has 0 aromatic carbocycles. The maximum Gasteiger partial charge on any atom is 0.0886 e. The van der Waals surface area contributed by atoms with Gasteiger partial charge in [0.1, 0.15) is 0 Å². The lowest BCUT2D eigenvalue weighted by atomic mass is 9.80. The third-order valence-electron chi connectivity index (χ3n) is 4.77. The van der Waals surface area contributed by atoms with E-state index in [0.29, 0.717) is 0 Å². The SMILES string of the molecule is CCCC(C)(CC)c1cn(C(C)(CC)CC)nn1. The van der Waals surface area contributed by atoms with E-state index < -0.39 is 0 Å². The monoisotopic (exact) mass is 251 g/mol. The van der Waals surface area contributed by atoms with Crippen molar-refractivity contribution in [2.24, 2.45) is 0 Å². The van der Waals surface area contributed by atoms with E-state index in [1.54, 1.807) is 0 Å². The topological polar surface area (TPSA) is 30.7 Å². The first kappa shape index (κ1) is 15.2. The van der Waals surface area contributed by atoms with Gasteiger partial charge >= 0.3 is 0 Å². The van der Waals surface area contributed by atoms with E-state index >= 15 is 0 Å². The molecule has 104 valence electrons. The number of hydrogen-bond donors (Lipinski definition) is 0. The van der Waals surface area contributed by atoms with Crippen LogP contribution in [0.3, 0.4) is 0 Å². The van der Waals surface area contributed by atoms with Crippen LogP contribution in [0.4, 0.5) is 0 Å². The molecule has 1 atom stereocenters. The van der Waals surface area contributed by atoms with Crippen LogP contribution in [0.15, 0.2) is 6.20 Å². The lowest BCUT2D eigenvalue weighted by Crippen LogP contribution is -2.29. The number of aromatic nitrogens is 3. The summed E-state index contributed by atoms with van der Waals surface area (Å²) < 4.78 is 2.08. The third kappa shape index (κ3) is 2.76. The minimum absolute atomic E-state index is 0.103. The zero-order chi connectivity index (χ0) is 13.8. The summed E-state index contributed by atoms with van der Waals surface area (Å²) in [7, 11) is 0. The highest BCUT2D eigenvalue weighted by atomic mass is 15.4.